The van der Waals surface area contributed by atoms with Crippen LogP contribution in [0.2, 0.25) is 0 Å². The molecule has 0 aliphatic heterocycles. The summed E-state index contributed by atoms with van der Waals surface area (Å²) < 4.78 is 5.17. The zero-order chi connectivity index (χ0) is 15.5. The van der Waals surface area contributed by atoms with Gasteiger partial charge in [-0.1, -0.05) is 6.07 Å². The first-order valence-electron chi connectivity index (χ1n) is 6.91. The number of rotatable bonds is 4. The van der Waals surface area contributed by atoms with E-state index in [1.807, 2.05) is 39.0 Å². The number of aldehydes is 1. The summed E-state index contributed by atoms with van der Waals surface area (Å²) in [7, 11) is 0. The molecule has 0 unspecified atom stereocenters. The van der Waals surface area contributed by atoms with Crippen LogP contribution in [0.3, 0.4) is 0 Å². The maximum absolute atomic E-state index is 11.5. The van der Waals surface area contributed by atoms with Crippen molar-refractivity contribution in [2.24, 2.45) is 0 Å². The SMILES string of the molecule is CC(C)(C)OC(=O)NCCc1ccc2[nH]cc(C=O)c2c1. The van der Waals surface area contributed by atoms with Crippen LogP contribution in [0.1, 0.15) is 36.7 Å². The molecule has 0 radical (unpaired) electrons. The molecule has 2 rings (SSSR count). The number of fused-ring (bicyclic) bond motifs is 1. The van der Waals surface area contributed by atoms with Crippen LogP contribution in [0.25, 0.3) is 10.9 Å². The average Bonchev–Trinajstić information content (AvgIpc) is 2.78. The molecule has 112 valence electrons. The number of ether oxygens (including phenoxy) is 1. The molecule has 0 aliphatic carbocycles. The molecule has 1 amide bonds. The number of alkyl carbamates (subject to hydrolysis) is 1. The van der Waals surface area contributed by atoms with Crippen molar-refractivity contribution in [3.8, 4) is 0 Å². The van der Waals surface area contributed by atoms with Gasteiger partial charge in [0.1, 0.15) is 5.60 Å². The van der Waals surface area contributed by atoms with Crippen LogP contribution < -0.4 is 5.32 Å². The Labute approximate surface area is 123 Å². The molecule has 2 aromatic rings. The lowest BCUT2D eigenvalue weighted by molar-refractivity contribution is 0.0528. The summed E-state index contributed by atoms with van der Waals surface area (Å²) >= 11 is 0. The molecular weight excluding hydrogens is 268 g/mol. The average molecular weight is 288 g/mol. The minimum Gasteiger partial charge on any atom is -0.444 e. The molecule has 1 aromatic carbocycles. The van der Waals surface area contributed by atoms with E-state index in [-0.39, 0.29) is 0 Å². The van der Waals surface area contributed by atoms with Crippen LogP contribution in [-0.2, 0) is 11.2 Å². The van der Waals surface area contributed by atoms with Gasteiger partial charge in [-0.3, -0.25) is 4.79 Å². The molecule has 0 fully saturated rings. The van der Waals surface area contributed by atoms with Crippen molar-refractivity contribution < 1.29 is 14.3 Å². The van der Waals surface area contributed by atoms with E-state index in [2.05, 4.69) is 10.3 Å². The summed E-state index contributed by atoms with van der Waals surface area (Å²) in [4.78, 5) is 25.5. The molecule has 0 atom stereocenters. The van der Waals surface area contributed by atoms with Gasteiger partial charge in [-0.2, -0.15) is 0 Å². The zero-order valence-corrected chi connectivity index (χ0v) is 12.5. The summed E-state index contributed by atoms with van der Waals surface area (Å²) in [6.07, 6.45) is 2.79. The number of hydrogen-bond donors (Lipinski definition) is 2. The fourth-order valence-electron chi connectivity index (χ4n) is 2.07. The van der Waals surface area contributed by atoms with E-state index < -0.39 is 11.7 Å². The number of carbonyl (C=O) groups is 2. The predicted octanol–water partition coefficient (Wildman–Crippen LogP) is 3.05. The number of nitrogens with one attached hydrogen (secondary N) is 2. The van der Waals surface area contributed by atoms with Crippen molar-refractivity contribution in [2.45, 2.75) is 32.8 Å². The maximum Gasteiger partial charge on any atom is 0.407 e. The maximum atomic E-state index is 11.5. The lowest BCUT2D eigenvalue weighted by Crippen LogP contribution is -2.33. The number of aromatic amines is 1. The van der Waals surface area contributed by atoms with Crippen molar-refractivity contribution in [3.05, 3.63) is 35.5 Å². The molecule has 1 aromatic heterocycles. The van der Waals surface area contributed by atoms with Crippen LogP contribution in [0, 0.1) is 0 Å². The molecule has 0 saturated carbocycles. The molecule has 5 heteroatoms. The van der Waals surface area contributed by atoms with E-state index in [0.717, 1.165) is 22.8 Å². The number of hydrogen-bond acceptors (Lipinski definition) is 3. The summed E-state index contributed by atoms with van der Waals surface area (Å²) in [6, 6.07) is 5.88. The van der Waals surface area contributed by atoms with Crippen LogP contribution in [0.15, 0.2) is 24.4 Å². The highest BCUT2D eigenvalue weighted by atomic mass is 16.6. The zero-order valence-electron chi connectivity index (χ0n) is 12.5. The van der Waals surface area contributed by atoms with E-state index in [1.54, 1.807) is 6.20 Å². The molecule has 21 heavy (non-hydrogen) atoms. The van der Waals surface area contributed by atoms with Gasteiger partial charge < -0.3 is 15.0 Å². The number of H-pyrrole nitrogens is 1. The third-order valence-corrected chi connectivity index (χ3v) is 2.99. The van der Waals surface area contributed by atoms with Crippen molar-refractivity contribution in [2.75, 3.05) is 6.54 Å². The molecule has 0 spiro atoms. The molecule has 0 saturated heterocycles. The van der Waals surface area contributed by atoms with Crippen molar-refractivity contribution in [1.29, 1.82) is 0 Å². The highest BCUT2D eigenvalue weighted by molar-refractivity contribution is 5.97. The van der Waals surface area contributed by atoms with Gasteiger partial charge in [0, 0.05) is 29.2 Å². The van der Waals surface area contributed by atoms with Gasteiger partial charge in [-0.25, -0.2) is 4.79 Å². The molecule has 1 heterocycles. The van der Waals surface area contributed by atoms with Crippen LogP contribution in [0.5, 0.6) is 0 Å². The Morgan fingerprint density at radius 2 is 2.14 bits per heavy atom. The quantitative estimate of drug-likeness (QED) is 0.849. The third-order valence-electron chi connectivity index (χ3n) is 2.99. The van der Waals surface area contributed by atoms with E-state index in [1.165, 1.54) is 0 Å². The first-order chi connectivity index (χ1) is 9.89. The highest BCUT2D eigenvalue weighted by Gasteiger charge is 2.15. The second-order valence-electron chi connectivity index (χ2n) is 5.92. The van der Waals surface area contributed by atoms with Gasteiger partial charge in [0.25, 0.3) is 0 Å². The first kappa shape index (κ1) is 15.1. The van der Waals surface area contributed by atoms with Crippen molar-refractivity contribution >= 4 is 23.3 Å². The number of amides is 1. The summed E-state index contributed by atoms with van der Waals surface area (Å²) in [5, 5.41) is 3.62. The second-order valence-corrected chi connectivity index (χ2v) is 5.92. The summed E-state index contributed by atoms with van der Waals surface area (Å²) in [5.41, 5.74) is 2.14. The summed E-state index contributed by atoms with van der Waals surface area (Å²) in [5.74, 6) is 0. The molecular formula is C16H20N2O3. The van der Waals surface area contributed by atoms with E-state index in [4.69, 9.17) is 4.74 Å². The number of benzene rings is 1. The lowest BCUT2D eigenvalue weighted by Gasteiger charge is -2.19. The monoisotopic (exact) mass is 288 g/mol. The number of aromatic nitrogens is 1. The van der Waals surface area contributed by atoms with Crippen molar-refractivity contribution in [3.63, 3.8) is 0 Å². The Balaban J connectivity index is 1.94. The highest BCUT2D eigenvalue weighted by Crippen LogP contribution is 2.18. The predicted molar refractivity (Wildman–Crippen MR) is 81.6 cm³/mol. The second kappa shape index (κ2) is 5.99. The Kier molecular flexibility index (Phi) is 4.31. The smallest absolute Gasteiger partial charge is 0.407 e. The van der Waals surface area contributed by atoms with E-state index >= 15 is 0 Å². The lowest BCUT2D eigenvalue weighted by atomic mass is 10.1. The van der Waals surface area contributed by atoms with Crippen LogP contribution >= 0.6 is 0 Å². The minimum absolute atomic E-state index is 0.418. The Bertz CT molecular complexity index is 653. The third kappa shape index (κ3) is 4.08. The topological polar surface area (TPSA) is 71.2 Å². The van der Waals surface area contributed by atoms with Crippen molar-refractivity contribution in [1.82, 2.24) is 10.3 Å². The number of carbonyl (C=O) groups excluding carboxylic acids is 2. The fraction of sp³-hybridized carbons (Fsp3) is 0.375. The normalized spacial score (nSPS) is 11.4. The van der Waals surface area contributed by atoms with Crippen LogP contribution in [0.4, 0.5) is 4.79 Å². The minimum atomic E-state index is -0.493. The molecule has 0 aliphatic rings. The Hall–Kier alpha value is -2.30. The first-order valence-corrected chi connectivity index (χ1v) is 6.91. The summed E-state index contributed by atoms with van der Waals surface area (Å²) in [6.45, 7) is 5.97. The van der Waals surface area contributed by atoms with Gasteiger partial charge in [-0.15, -0.1) is 0 Å². The largest absolute Gasteiger partial charge is 0.444 e. The van der Waals surface area contributed by atoms with Gasteiger partial charge in [0.2, 0.25) is 0 Å². The van der Waals surface area contributed by atoms with Gasteiger partial charge in [0.05, 0.1) is 0 Å². The standard InChI is InChI=1S/C16H20N2O3/c1-16(2,3)21-15(20)17-7-6-11-4-5-14-13(8-11)12(10-19)9-18-14/h4-5,8-10,18H,6-7H2,1-3H3,(H,17,20). The Morgan fingerprint density at radius 3 is 2.81 bits per heavy atom. The van der Waals surface area contributed by atoms with E-state index in [0.29, 0.717) is 18.5 Å². The molecule has 5 nitrogen and oxygen atoms in total. The fourth-order valence-corrected chi connectivity index (χ4v) is 2.07. The van der Waals surface area contributed by atoms with Gasteiger partial charge in [0.15, 0.2) is 6.29 Å². The molecule has 2 N–H and O–H groups in total. The van der Waals surface area contributed by atoms with Gasteiger partial charge in [-0.05, 0) is 44.9 Å². The Morgan fingerprint density at radius 1 is 1.38 bits per heavy atom. The van der Waals surface area contributed by atoms with E-state index in [9.17, 15) is 9.59 Å². The molecule has 0 bridgehead atoms. The van der Waals surface area contributed by atoms with Crippen LogP contribution in [-0.4, -0.2) is 29.5 Å². The van der Waals surface area contributed by atoms with Gasteiger partial charge >= 0.3 is 6.09 Å².